The van der Waals surface area contributed by atoms with E-state index in [0.717, 1.165) is 43.4 Å². The summed E-state index contributed by atoms with van der Waals surface area (Å²) in [4.78, 5) is 4.64. The standard InChI is InChI=1S/C20H28N6O2.HI/c1-5-12-28-18-13-16(8-9-17(18)27-4)14-23-20(21-7-3)22-10-11-26-15-24-25-19(26)6-2;/h1,8-9,13,15H,6-7,10-12,14H2,2-4H3,(H2,21,22,23);1H. The smallest absolute Gasteiger partial charge is 0.191 e. The molecule has 29 heavy (non-hydrogen) atoms. The van der Waals surface area contributed by atoms with Gasteiger partial charge in [-0.3, -0.25) is 0 Å². The fraction of sp³-hybridized carbons (Fsp3) is 0.450. The average molecular weight is 512 g/mol. The summed E-state index contributed by atoms with van der Waals surface area (Å²) in [5, 5.41) is 14.6. The number of hydrogen-bond acceptors (Lipinski definition) is 5. The molecule has 2 rings (SSSR count). The molecule has 0 radical (unpaired) electrons. The van der Waals surface area contributed by atoms with Crippen LogP contribution >= 0.6 is 24.0 Å². The number of nitrogens with one attached hydrogen (secondary N) is 2. The van der Waals surface area contributed by atoms with Crippen LogP contribution in [0, 0.1) is 12.3 Å². The molecule has 9 heteroatoms. The average Bonchev–Trinajstić information content (AvgIpc) is 3.18. The molecule has 0 atom stereocenters. The molecule has 0 fully saturated rings. The number of guanidine groups is 1. The van der Waals surface area contributed by atoms with Crippen molar-refractivity contribution >= 4 is 29.9 Å². The van der Waals surface area contributed by atoms with Crippen LogP contribution in [0.25, 0.3) is 0 Å². The van der Waals surface area contributed by atoms with Gasteiger partial charge in [0.2, 0.25) is 0 Å². The summed E-state index contributed by atoms with van der Waals surface area (Å²) in [6.45, 7) is 7.05. The number of terminal acetylenes is 1. The van der Waals surface area contributed by atoms with Crippen LogP contribution in [0.5, 0.6) is 11.5 Å². The number of methoxy groups -OCH3 is 1. The maximum atomic E-state index is 5.54. The van der Waals surface area contributed by atoms with E-state index in [2.05, 4.69) is 38.7 Å². The Morgan fingerprint density at radius 1 is 1.28 bits per heavy atom. The number of aromatic nitrogens is 3. The summed E-state index contributed by atoms with van der Waals surface area (Å²) < 4.78 is 12.9. The first kappa shape index (κ1) is 24.6. The third-order valence-corrected chi connectivity index (χ3v) is 3.96. The van der Waals surface area contributed by atoms with Gasteiger partial charge in [-0.15, -0.1) is 40.6 Å². The number of hydrogen-bond donors (Lipinski definition) is 2. The van der Waals surface area contributed by atoms with E-state index >= 15 is 0 Å². The maximum absolute atomic E-state index is 5.54. The molecule has 0 saturated carbocycles. The van der Waals surface area contributed by atoms with Gasteiger partial charge >= 0.3 is 0 Å². The molecule has 0 aliphatic carbocycles. The third kappa shape index (κ3) is 7.81. The van der Waals surface area contributed by atoms with Crippen LogP contribution < -0.4 is 20.1 Å². The second kappa shape index (κ2) is 13.7. The van der Waals surface area contributed by atoms with E-state index < -0.39 is 0 Å². The number of ether oxygens (including phenoxy) is 2. The topological polar surface area (TPSA) is 85.6 Å². The van der Waals surface area contributed by atoms with Crippen LogP contribution in [0.4, 0.5) is 0 Å². The number of benzene rings is 1. The fourth-order valence-corrected chi connectivity index (χ4v) is 2.60. The molecule has 1 aromatic carbocycles. The second-order valence-electron chi connectivity index (χ2n) is 5.89. The van der Waals surface area contributed by atoms with Gasteiger partial charge < -0.3 is 24.7 Å². The third-order valence-electron chi connectivity index (χ3n) is 3.96. The van der Waals surface area contributed by atoms with E-state index in [4.69, 9.17) is 15.9 Å². The molecule has 158 valence electrons. The Labute approximate surface area is 189 Å². The number of aryl methyl sites for hydroxylation is 1. The Morgan fingerprint density at radius 2 is 2.10 bits per heavy atom. The van der Waals surface area contributed by atoms with Gasteiger partial charge in [-0.1, -0.05) is 18.9 Å². The summed E-state index contributed by atoms with van der Waals surface area (Å²) in [5.74, 6) is 5.44. The molecule has 0 unspecified atom stereocenters. The summed E-state index contributed by atoms with van der Waals surface area (Å²) in [6.07, 6.45) is 7.88. The van der Waals surface area contributed by atoms with E-state index in [1.165, 1.54) is 0 Å². The summed E-state index contributed by atoms with van der Waals surface area (Å²) in [7, 11) is 1.60. The Kier molecular flexibility index (Phi) is 11.6. The zero-order chi connectivity index (χ0) is 20.2. The van der Waals surface area contributed by atoms with E-state index in [1.807, 2.05) is 29.7 Å². The normalized spacial score (nSPS) is 10.6. The van der Waals surface area contributed by atoms with Crippen LogP contribution in [0.15, 0.2) is 29.5 Å². The number of nitrogens with zero attached hydrogens (tertiary/aromatic N) is 4. The quantitative estimate of drug-likeness (QED) is 0.220. The predicted octanol–water partition coefficient (Wildman–Crippen LogP) is 2.23. The second-order valence-corrected chi connectivity index (χ2v) is 5.89. The summed E-state index contributed by atoms with van der Waals surface area (Å²) in [5.41, 5.74) is 0.997. The van der Waals surface area contributed by atoms with E-state index in [-0.39, 0.29) is 30.6 Å². The minimum absolute atomic E-state index is 0. The van der Waals surface area contributed by atoms with Gasteiger partial charge in [0, 0.05) is 26.1 Å². The number of rotatable bonds is 10. The van der Waals surface area contributed by atoms with Crippen molar-refractivity contribution in [1.82, 2.24) is 25.4 Å². The zero-order valence-electron chi connectivity index (χ0n) is 17.1. The molecule has 0 saturated heterocycles. The lowest BCUT2D eigenvalue weighted by Gasteiger charge is -2.13. The van der Waals surface area contributed by atoms with Crippen LogP contribution in [-0.4, -0.2) is 47.5 Å². The highest BCUT2D eigenvalue weighted by atomic mass is 127. The molecule has 2 aromatic rings. The van der Waals surface area contributed by atoms with Gasteiger partial charge in [-0.25, -0.2) is 4.99 Å². The Hall–Kier alpha value is -2.48. The van der Waals surface area contributed by atoms with Gasteiger partial charge in [0.15, 0.2) is 17.5 Å². The Balaban J connectivity index is 0.00000420. The molecule has 0 bridgehead atoms. The van der Waals surface area contributed by atoms with Gasteiger partial charge in [0.25, 0.3) is 0 Å². The first-order valence-electron chi connectivity index (χ1n) is 9.33. The minimum atomic E-state index is 0. The van der Waals surface area contributed by atoms with Crippen LogP contribution in [0.2, 0.25) is 0 Å². The lowest BCUT2D eigenvalue weighted by atomic mass is 10.2. The van der Waals surface area contributed by atoms with E-state index in [1.54, 1.807) is 13.4 Å². The molecule has 0 spiro atoms. The van der Waals surface area contributed by atoms with Crippen molar-refractivity contribution in [3.63, 3.8) is 0 Å². The Bertz CT molecular complexity index is 816. The molecule has 1 heterocycles. The first-order valence-corrected chi connectivity index (χ1v) is 9.33. The van der Waals surface area contributed by atoms with Crippen molar-refractivity contribution in [3.8, 4) is 23.8 Å². The Morgan fingerprint density at radius 3 is 2.79 bits per heavy atom. The highest BCUT2D eigenvalue weighted by molar-refractivity contribution is 14.0. The van der Waals surface area contributed by atoms with Gasteiger partial charge in [-0.05, 0) is 24.6 Å². The highest BCUT2D eigenvalue weighted by Gasteiger charge is 2.06. The maximum Gasteiger partial charge on any atom is 0.191 e. The lowest BCUT2D eigenvalue weighted by Crippen LogP contribution is -2.38. The molecule has 8 nitrogen and oxygen atoms in total. The summed E-state index contributed by atoms with van der Waals surface area (Å²) >= 11 is 0. The first-order chi connectivity index (χ1) is 13.7. The van der Waals surface area contributed by atoms with Crippen LogP contribution in [-0.2, 0) is 19.5 Å². The predicted molar refractivity (Wildman–Crippen MR) is 125 cm³/mol. The van der Waals surface area contributed by atoms with Crippen molar-refractivity contribution in [2.45, 2.75) is 33.4 Å². The van der Waals surface area contributed by atoms with Gasteiger partial charge in [0.05, 0.1) is 13.7 Å². The number of halogens is 1. The number of aliphatic imine (C=N–C) groups is 1. The minimum Gasteiger partial charge on any atom is -0.493 e. The van der Waals surface area contributed by atoms with Crippen molar-refractivity contribution in [2.24, 2.45) is 4.99 Å². The van der Waals surface area contributed by atoms with Crippen LogP contribution in [0.1, 0.15) is 25.2 Å². The largest absolute Gasteiger partial charge is 0.493 e. The molecule has 1 aromatic heterocycles. The molecule has 2 N–H and O–H groups in total. The van der Waals surface area contributed by atoms with Gasteiger partial charge in [-0.2, -0.15) is 0 Å². The van der Waals surface area contributed by atoms with E-state index in [0.29, 0.717) is 18.0 Å². The summed E-state index contributed by atoms with van der Waals surface area (Å²) in [6, 6.07) is 5.71. The van der Waals surface area contributed by atoms with Crippen molar-refractivity contribution < 1.29 is 9.47 Å². The molecule has 0 aliphatic heterocycles. The zero-order valence-corrected chi connectivity index (χ0v) is 19.5. The molecule has 0 aliphatic rings. The van der Waals surface area contributed by atoms with Gasteiger partial charge in [0.1, 0.15) is 18.8 Å². The monoisotopic (exact) mass is 512 g/mol. The van der Waals surface area contributed by atoms with Crippen molar-refractivity contribution in [1.29, 1.82) is 0 Å². The van der Waals surface area contributed by atoms with E-state index in [9.17, 15) is 0 Å². The molecule has 0 amide bonds. The van der Waals surface area contributed by atoms with Crippen molar-refractivity contribution in [2.75, 3.05) is 26.8 Å². The molecular formula is C20H29IN6O2. The fourth-order valence-electron chi connectivity index (χ4n) is 2.60. The SMILES string of the molecule is C#CCOc1cc(CN=C(NCC)NCCn2cnnc2CC)ccc1OC.I. The van der Waals surface area contributed by atoms with Crippen molar-refractivity contribution in [3.05, 3.63) is 35.9 Å². The molecular weight excluding hydrogens is 483 g/mol. The van der Waals surface area contributed by atoms with Crippen LogP contribution in [0.3, 0.4) is 0 Å². The lowest BCUT2D eigenvalue weighted by molar-refractivity contribution is 0.330. The highest BCUT2D eigenvalue weighted by Crippen LogP contribution is 2.28.